The Labute approximate surface area is 100 Å². The van der Waals surface area contributed by atoms with Gasteiger partial charge in [0, 0.05) is 5.56 Å². The van der Waals surface area contributed by atoms with E-state index in [1.54, 1.807) is 12.1 Å². The van der Waals surface area contributed by atoms with Crippen molar-refractivity contribution in [3.63, 3.8) is 0 Å². The SMILES string of the molecule is Cc1cc(C=O)ccc1-c1cccc(C#N)c1. The molecule has 0 saturated carbocycles. The first-order valence-electron chi connectivity index (χ1n) is 5.31. The van der Waals surface area contributed by atoms with Gasteiger partial charge in [-0.1, -0.05) is 24.3 Å². The standard InChI is InChI=1S/C15H11NO/c1-11-7-13(10-17)5-6-15(11)14-4-2-3-12(8-14)9-16/h2-8,10H,1H3. The number of benzene rings is 2. The highest BCUT2D eigenvalue weighted by atomic mass is 16.1. The predicted octanol–water partition coefficient (Wildman–Crippen LogP) is 3.35. The number of hydrogen-bond acceptors (Lipinski definition) is 2. The zero-order valence-electron chi connectivity index (χ0n) is 9.47. The fourth-order valence-corrected chi connectivity index (χ4v) is 1.84. The monoisotopic (exact) mass is 221 g/mol. The normalized spacial score (nSPS) is 9.65. The van der Waals surface area contributed by atoms with Crippen molar-refractivity contribution in [3.05, 3.63) is 59.2 Å². The minimum atomic E-state index is 0.640. The lowest BCUT2D eigenvalue weighted by atomic mass is 9.97. The Morgan fingerprint density at radius 2 is 2.00 bits per heavy atom. The van der Waals surface area contributed by atoms with Crippen LogP contribution >= 0.6 is 0 Å². The van der Waals surface area contributed by atoms with Crippen LogP contribution in [-0.4, -0.2) is 6.29 Å². The molecular weight excluding hydrogens is 210 g/mol. The van der Waals surface area contributed by atoms with Crippen molar-refractivity contribution in [2.24, 2.45) is 0 Å². The third-order valence-electron chi connectivity index (χ3n) is 2.69. The molecule has 0 N–H and O–H groups in total. The maximum atomic E-state index is 10.7. The van der Waals surface area contributed by atoms with Crippen LogP contribution in [0.1, 0.15) is 21.5 Å². The minimum Gasteiger partial charge on any atom is -0.298 e. The van der Waals surface area contributed by atoms with Gasteiger partial charge in [-0.3, -0.25) is 4.79 Å². The van der Waals surface area contributed by atoms with Crippen molar-refractivity contribution in [1.82, 2.24) is 0 Å². The summed E-state index contributed by atoms with van der Waals surface area (Å²) < 4.78 is 0. The number of nitriles is 1. The number of hydrogen-bond donors (Lipinski definition) is 0. The maximum absolute atomic E-state index is 10.7. The number of carbonyl (C=O) groups is 1. The lowest BCUT2D eigenvalue weighted by Crippen LogP contribution is -1.87. The van der Waals surface area contributed by atoms with Gasteiger partial charge >= 0.3 is 0 Å². The molecule has 2 heteroatoms. The van der Waals surface area contributed by atoms with Gasteiger partial charge in [0.05, 0.1) is 11.6 Å². The van der Waals surface area contributed by atoms with Crippen LogP contribution in [0.15, 0.2) is 42.5 Å². The van der Waals surface area contributed by atoms with Gasteiger partial charge in [0.2, 0.25) is 0 Å². The molecule has 0 aliphatic carbocycles. The van der Waals surface area contributed by atoms with E-state index in [2.05, 4.69) is 6.07 Å². The van der Waals surface area contributed by atoms with Crippen LogP contribution in [-0.2, 0) is 0 Å². The molecule has 0 spiro atoms. The number of rotatable bonds is 2. The van der Waals surface area contributed by atoms with Crippen LogP contribution in [0.5, 0.6) is 0 Å². The zero-order valence-corrected chi connectivity index (χ0v) is 9.47. The highest BCUT2D eigenvalue weighted by molar-refractivity contribution is 5.78. The Balaban J connectivity index is 2.53. The van der Waals surface area contributed by atoms with Crippen molar-refractivity contribution in [2.45, 2.75) is 6.92 Å². The Hall–Kier alpha value is -2.40. The molecule has 0 aromatic heterocycles. The van der Waals surface area contributed by atoms with Crippen LogP contribution in [0, 0.1) is 18.3 Å². The second kappa shape index (κ2) is 4.63. The molecule has 2 rings (SSSR count). The predicted molar refractivity (Wildman–Crippen MR) is 66.7 cm³/mol. The zero-order chi connectivity index (χ0) is 12.3. The third kappa shape index (κ3) is 2.24. The molecule has 0 unspecified atom stereocenters. The van der Waals surface area contributed by atoms with Crippen LogP contribution in [0.25, 0.3) is 11.1 Å². The third-order valence-corrected chi connectivity index (χ3v) is 2.69. The molecule has 0 aliphatic rings. The van der Waals surface area contributed by atoms with Crippen molar-refractivity contribution >= 4 is 6.29 Å². The van der Waals surface area contributed by atoms with Gasteiger partial charge in [0.25, 0.3) is 0 Å². The maximum Gasteiger partial charge on any atom is 0.150 e. The Kier molecular flexibility index (Phi) is 3.02. The van der Waals surface area contributed by atoms with E-state index in [0.29, 0.717) is 11.1 Å². The average molecular weight is 221 g/mol. The fourth-order valence-electron chi connectivity index (χ4n) is 1.84. The van der Waals surface area contributed by atoms with Crippen LogP contribution in [0.4, 0.5) is 0 Å². The van der Waals surface area contributed by atoms with Crippen molar-refractivity contribution in [3.8, 4) is 17.2 Å². The Bertz CT molecular complexity index is 609. The number of carbonyl (C=O) groups excluding carboxylic acids is 1. The van der Waals surface area contributed by atoms with E-state index in [-0.39, 0.29) is 0 Å². The molecule has 0 radical (unpaired) electrons. The van der Waals surface area contributed by atoms with Crippen molar-refractivity contribution < 1.29 is 4.79 Å². The van der Waals surface area contributed by atoms with Gasteiger partial charge in [-0.15, -0.1) is 0 Å². The molecule has 2 nitrogen and oxygen atoms in total. The molecular formula is C15H11NO. The summed E-state index contributed by atoms with van der Waals surface area (Å²) in [6.45, 7) is 1.96. The average Bonchev–Trinajstić information content (AvgIpc) is 2.38. The number of aldehydes is 1. The molecule has 82 valence electrons. The van der Waals surface area contributed by atoms with Crippen molar-refractivity contribution in [1.29, 1.82) is 5.26 Å². The molecule has 0 aliphatic heterocycles. The molecule has 0 bridgehead atoms. The molecule has 0 fully saturated rings. The molecule has 0 saturated heterocycles. The minimum absolute atomic E-state index is 0.640. The second-order valence-electron chi connectivity index (χ2n) is 3.88. The summed E-state index contributed by atoms with van der Waals surface area (Å²) in [6, 6.07) is 15.1. The number of aryl methyl sites for hydroxylation is 1. The van der Waals surface area contributed by atoms with Crippen LogP contribution < -0.4 is 0 Å². The molecule has 17 heavy (non-hydrogen) atoms. The first-order valence-corrected chi connectivity index (χ1v) is 5.31. The molecule has 0 atom stereocenters. The molecule has 2 aromatic carbocycles. The highest BCUT2D eigenvalue weighted by Crippen LogP contribution is 2.24. The van der Waals surface area contributed by atoms with E-state index in [9.17, 15) is 4.79 Å². The van der Waals surface area contributed by atoms with Crippen LogP contribution in [0.2, 0.25) is 0 Å². The smallest absolute Gasteiger partial charge is 0.150 e. The summed E-state index contributed by atoms with van der Waals surface area (Å²) in [5.41, 5.74) is 4.39. The molecule has 2 aromatic rings. The van der Waals surface area contributed by atoms with Gasteiger partial charge < -0.3 is 0 Å². The lowest BCUT2D eigenvalue weighted by molar-refractivity contribution is 0.112. The highest BCUT2D eigenvalue weighted by Gasteiger charge is 2.03. The lowest BCUT2D eigenvalue weighted by Gasteiger charge is -2.06. The topological polar surface area (TPSA) is 40.9 Å². The van der Waals surface area contributed by atoms with Gasteiger partial charge in [0.15, 0.2) is 0 Å². The van der Waals surface area contributed by atoms with Gasteiger partial charge in [0.1, 0.15) is 6.29 Å². The number of nitrogens with zero attached hydrogens (tertiary/aromatic N) is 1. The van der Waals surface area contributed by atoms with E-state index in [0.717, 1.165) is 23.0 Å². The van der Waals surface area contributed by atoms with Gasteiger partial charge in [-0.25, -0.2) is 0 Å². The Morgan fingerprint density at radius 1 is 1.18 bits per heavy atom. The van der Waals surface area contributed by atoms with E-state index >= 15 is 0 Å². The van der Waals surface area contributed by atoms with E-state index in [1.165, 1.54) is 0 Å². The molecule has 0 amide bonds. The summed E-state index contributed by atoms with van der Waals surface area (Å²) >= 11 is 0. The summed E-state index contributed by atoms with van der Waals surface area (Å²) in [5, 5.41) is 8.86. The van der Waals surface area contributed by atoms with Gasteiger partial charge in [-0.05, 0) is 41.8 Å². The summed E-state index contributed by atoms with van der Waals surface area (Å²) in [6.07, 6.45) is 0.836. The van der Waals surface area contributed by atoms with Crippen molar-refractivity contribution in [2.75, 3.05) is 0 Å². The van der Waals surface area contributed by atoms with E-state index < -0.39 is 0 Å². The largest absolute Gasteiger partial charge is 0.298 e. The van der Waals surface area contributed by atoms with E-state index in [1.807, 2.05) is 37.3 Å². The fraction of sp³-hybridized carbons (Fsp3) is 0.0667. The summed E-state index contributed by atoms with van der Waals surface area (Å²) in [7, 11) is 0. The quantitative estimate of drug-likeness (QED) is 0.730. The van der Waals surface area contributed by atoms with Crippen LogP contribution in [0.3, 0.4) is 0 Å². The first-order chi connectivity index (χ1) is 8.24. The van der Waals surface area contributed by atoms with E-state index in [4.69, 9.17) is 5.26 Å². The second-order valence-corrected chi connectivity index (χ2v) is 3.88. The Morgan fingerprint density at radius 3 is 2.65 bits per heavy atom. The molecule has 0 heterocycles. The summed E-state index contributed by atoms with van der Waals surface area (Å²) in [5.74, 6) is 0. The van der Waals surface area contributed by atoms with Gasteiger partial charge in [-0.2, -0.15) is 5.26 Å². The summed E-state index contributed by atoms with van der Waals surface area (Å²) in [4.78, 5) is 10.7. The first kappa shape index (κ1) is 11.1.